The Morgan fingerprint density at radius 3 is 2.92 bits per heavy atom. The molecule has 1 fully saturated rings. The maximum atomic E-state index is 13.8. The Bertz CT molecular complexity index is 611. The molecule has 132 valence electrons. The highest BCUT2D eigenvalue weighted by molar-refractivity contribution is 6.30. The first-order valence-electron chi connectivity index (χ1n) is 8.19. The van der Waals surface area contributed by atoms with Crippen LogP contribution in [0.15, 0.2) is 18.2 Å². The van der Waals surface area contributed by atoms with Gasteiger partial charge in [-0.3, -0.25) is 9.59 Å². The van der Waals surface area contributed by atoms with E-state index in [1.54, 1.807) is 13.8 Å². The number of halogens is 2. The molecule has 0 saturated carbocycles. The molecule has 0 aromatic heterocycles. The number of quaternary nitrogens is 1. The molecule has 1 unspecified atom stereocenters. The van der Waals surface area contributed by atoms with Crippen LogP contribution < -0.4 is 10.2 Å². The highest BCUT2D eigenvalue weighted by Crippen LogP contribution is 2.19. The Morgan fingerprint density at radius 2 is 2.25 bits per heavy atom. The lowest BCUT2D eigenvalue weighted by Crippen LogP contribution is -3.18. The molecule has 0 radical (unpaired) electrons. The number of carbonyl (C=O) groups excluding carboxylic acids is 2. The average Bonchev–Trinajstić information content (AvgIpc) is 2.57. The van der Waals surface area contributed by atoms with E-state index in [9.17, 15) is 14.0 Å². The minimum absolute atomic E-state index is 0.106. The summed E-state index contributed by atoms with van der Waals surface area (Å²) in [6.07, 6.45) is 1.63. The summed E-state index contributed by atoms with van der Waals surface area (Å²) in [6.45, 7) is 5.27. The third-order valence-corrected chi connectivity index (χ3v) is 4.61. The van der Waals surface area contributed by atoms with Crippen LogP contribution in [0.2, 0.25) is 5.02 Å². The number of amides is 1. The number of ether oxygens (including phenoxy) is 1. The molecule has 0 aliphatic carbocycles. The van der Waals surface area contributed by atoms with Crippen LogP contribution in [0.1, 0.15) is 26.7 Å². The third kappa shape index (κ3) is 4.68. The summed E-state index contributed by atoms with van der Waals surface area (Å²) >= 11 is 5.71. The van der Waals surface area contributed by atoms with E-state index in [4.69, 9.17) is 16.3 Å². The molecule has 1 aromatic carbocycles. The van der Waals surface area contributed by atoms with Gasteiger partial charge in [-0.05, 0) is 44.9 Å². The SMILES string of the molecule is CCOC(=O)[C@H]1CCC[NH+]([C@@H](C)C(=O)Nc2ccc(Cl)cc2F)C1. The molecule has 1 heterocycles. The second-order valence-corrected chi connectivity index (χ2v) is 6.48. The number of hydrogen-bond donors (Lipinski definition) is 2. The normalized spacial score (nSPS) is 21.8. The molecule has 5 nitrogen and oxygen atoms in total. The van der Waals surface area contributed by atoms with Gasteiger partial charge >= 0.3 is 5.97 Å². The highest BCUT2D eigenvalue weighted by atomic mass is 35.5. The first kappa shape index (κ1) is 18.7. The number of anilines is 1. The predicted octanol–water partition coefficient (Wildman–Crippen LogP) is 1.66. The molecule has 1 aromatic rings. The summed E-state index contributed by atoms with van der Waals surface area (Å²) in [4.78, 5) is 25.3. The lowest BCUT2D eigenvalue weighted by molar-refractivity contribution is -0.921. The van der Waals surface area contributed by atoms with Gasteiger partial charge < -0.3 is 15.0 Å². The fourth-order valence-corrected chi connectivity index (χ4v) is 3.13. The summed E-state index contributed by atoms with van der Waals surface area (Å²) in [5.74, 6) is -1.24. The van der Waals surface area contributed by atoms with E-state index in [-0.39, 0.29) is 28.5 Å². The molecule has 3 atom stereocenters. The molecular formula is C17H23ClFN2O3+. The molecule has 1 amide bonds. The Morgan fingerprint density at radius 1 is 1.50 bits per heavy atom. The van der Waals surface area contributed by atoms with Gasteiger partial charge in [0.1, 0.15) is 11.7 Å². The summed E-state index contributed by atoms with van der Waals surface area (Å²) in [7, 11) is 0. The van der Waals surface area contributed by atoms with Crippen molar-refractivity contribution in [1.29, 1.82) is 0 Å². The molecule has 1 aliphatic heterocycles. The Labute approximate surface area is 146 Å². The van der Waals surface area contributed by atoms with Gasteiger partial charge in [-0.1, -0.05) is 11.6 Å². The zero-order chi connectivity index (χ0) is 17.7. The maximum Gasteiger partial charge on any atom is 0.314 e. The van der Waals surface area contributed by atoms with E-state index in [0.29, 0.717) is 13.2 Å². The van der Waals surface area contributed by atoms with Crippen molar-refractivity contribution >= 4 is 29.2 Å². The molecular weight excluding hydrogens is 335 g/mol. The van der Waals surface area contributed by atoms with Crippen molar-refractivity contribution in [1.82, 2.24) is 0 Å². The number of likely N-dealkylation sites (tertiary alicyclic amines) is 1. The second kappa shape index (κ2) is 8.44. The second-order valence-electron chi connectivity index (χ2n) is 6.04. The molecule has 24 heavy (non-hydrogen) atoms. The van der Waals surface area contributed by atoms with Crippen molar-refractivity contribution < 1.29 is 23.6 Å². The maximum absolute atomic E-state index is 13.8. The number of nitrogens with one attached hydrogen (secondary N) is 2. The third-order valence-electron chi connectivity index (χ3n) is 4.37. The van der Waals surface area contributed by atoms with Crippen LogP contribution in [-0.2, 0) is 14.3 Å². The van der Waals surface area contributed by atoms with Crippen molar-refractivity contribution in [2.75, 3.05) is 25.0 Å². The van der Waals surface area contributed by atoms with Crippen LogP contribution in [-0.4, -0.2) is 37.6 Å². The number of carbonyl (C=O) groups is 2. The molecule has 0 spiro atoms. The van der Waals surface area contributed by atoms with Crippen molar-refractivity contribution in [3.8, 4) is 0 Å². The minimum atomic E-state index is -0.568. The van der Waals surface area contributed by atoms with Gasteiger partial charge in [0, 0.05) is 5.02 Å². The highest BCUT2D eigenvalue weighted by Gasteiger charge is 2.35. The van der Waals surface area contributed by atoms with Crippen molar-refractivity contribution in [3.05, 3.63) is 29.0 Å². The summed E-state index contributed by atoms with van der Waals surface area (Å²) < 4.78 is 18.9. The van der Waals surface area contributed by atoms with Gasteiger partial charge in [0.25, 0.3) is 5.91 Å². The fourth-order valence-electron chi connectivity index (χ4n) is 2.97. The fraction of sp³-hybridized carbons (Fsp3) is 0.529. The lowest BCUT2D eigenvalue weighted by atomic mass is 9.97. The Balaban J connectivity index is 1.98. The quantitative estimate of drug-likeness (QED) is 0.788. The van der Waals surface area contributed by atoms with E-state index < -0.39 is 11.9 Å². The van der Waals surface area contributed by atoms with Gasteiger partial charge in [-0.15, -0.1) is 0 Å². The molecule has 2 N–H and O–H groups in total. The largest absolute Gasteiger partial charge is 0.466 e. The summed E-state index contributed by atoms with van der Waals surface area (Å²) in [5.41, 5.74) is 0.106. The molecule has 2 rings (SSSR count). The first-order valence-corrected chi connectivity index (χ1v) is 8.57. The zero-order valence-corrected chi connectivity index (χ0v) is 14.7. The van der Waals surface area contributed by atoms with E-state index in [1.165, 1.54) is 12.1 Å². The van der Waals surface area contributed by atoms with Crippen LogP contribution in [0.25, 0.3) is 0 Å². The smallest absolute Gasteiger partial charge is 0.314 e. The number of esters is 1. The topological polar surface area (TPSA) is 59.8 Å². The number of rotatable bonds is 5. The molecule has 7 heteroatoms. The number of piperidine rings is 1. The van der Waals surface area contributed by atoms with E-state index in [0.717, 1.165) is 30.4 Å². The van der Waals surface area contributed by atoms with E-state index in [2.05, 4.69) is 5.32 Å². The average molecular weight is 358 g/mol. The monoisotopic (exact) mass is 357 g/mol. The predicted molar refractivity (Wildman–Crippen MR) is 89.6 cm³/mol. The zero-order valence-electron chi connectivity index (χ0n) is 13.9. The van der Waals surface area contributed by atoms with E-state index in [1.807, 2.05) is 0 Å². The first-order chi connectivity index (χ1) is 11.4. The van der Waals surface area contributed by atoms with Crippen LogP contribution in [0.4, 0.5) is 10.1 Å². The van der Waals surface area contributed by atoms with Crippen LogP contribution in [0.3, 0.4) is 0 Å². The standard InChI is InChI=1S/C17H22ClFN2O3/c1-3-24-17(23)12-5-4-8-21(10-12)11(2)16(22)20-15-7-6-13(18)9-14(15)19/h6-7,9,11-12H,3-5,8,10H2,1-2H3,(H,20,22)/p+1/t11-,12-/m0/s1. The number of hydrogen-bond acceptors (Lipinski definition) is 3. The van der Waals surface area contributed by atoms with Gasteiger partial charge in [-0.25, -0.2) is 4.39 Å². The van der Waals surface area contributed by atoms with Gasteiger partial charge in [0.15, 0.2) is 6.04 Å². The Hall–Kier alpha value is -1.66. The van der Waals surface area contributed by atoms with Crippen LogP contribution in [0.5, 0.6) is 0 Å². The number of benzene rings is 1. The molecule has 1 aliphatic rings. The molecule has 0 bridgehead atoms. The van der Waals surface area contributed by atoms with Gasteiger partial charge in [0.2, 0.25) is 0 Å². The van der Waals surface area contributed by atoms with Gasteiger partial charge in [0.05, 0.1) is 25.4 Å². The van der Waals surface area contributed by atoms with E-state index >= 15 is 0 Å². The van der Waals surface area contributed by atoms with Crippen molar-refractivity contribution in [2.45, 2.75) is 32.7 Å². The summed E-state index contributed by atoms with van der Waals surface area (Å²) in [5, 5.41) is 2.87. The van der Waals surface area contributed by atoms with Crippen LogP contribution >= 0.6 is 11.6 Å². The van der Waals surface area contributed by atoms with Crippen LogP contribution in [0, 0.1) is 11.7 Å². The van der Waals surface area contributed by atoms with Gasteiger partial charge in [-0.2, -0.15) is 0 Å². The van der Waals surface area contributed by atoms with Crippen molar-refractivity contribution in [3.63, 3.8) is 0 Å². The lowest BCUT2D eigenvalue weighted by Gasteiger charge is -2.32. The van der Waals surface area contributed by atoms with Crippen molar-refractivity contribution in [2.24, 2.45) is 5.92 Å². The molecule has 1 saturated heterocycles. The Kier molecular flexibility index (Phi) is 6.57. The minimum Gasteiger partial charge on any atom is -0.466 e. The summed E-state index contributed by atoms with van der Waals surface area (Å²) in [6, 6.07) is 3.73.